The number of fused-ring (bicyclic) bond motifs is 2. The van der Waals surface area contributed by atoms with E-state index in [0.29, 0.717) is 0 Å². The first kappa shape index (κ1) is 38.6. The van der Waals surface area contributed by atoms with Crippen molar-refractivity contribution in [3.63, 3.8) is 0 Å². The highest BCUT2D eigenvalue weighted by Crippen LogP contribution is 2.43. The Morgan fingerprint density at radius 3 is 1.37 bits per heavy atom. The van der Waals surface area contributed by atoms with E-state index in [2.05, 4.69) is 0 Å². The molecule has 52 heavy (non-hydrogen) atoms. The van der Waals surface area contributed by atoms with Gasteiger partial charge in [0.1, 0.15) is 70.9 Å². The molecule has 0 bridgehead atoms. The summed E-state index contributed by atoms with van der Waals surface area (Å²) in [5.41, 5.74) is -5.57. The number of aliphatic hydroxyl groups excluding tert-OH is 6. The normalized spacial score (nSPS) is 29.6. The molecule has 6 rings (SSSR count). The SMILES string of the molecule is O=c1oc2ccc(F)c(F)c2cc1CO[C@H]1[C@@H](O)[C@@H](CO)O[C@@H](SS[C@@H]2O[C@H](CO)[C@H](O)[C@H](OCc3cc4c(F)c(F)ccc4oc3=O)[C@H]2O)[C@@H]1O. The van der Waals surface area contributed by atoms with Crippen molar-refractivity contribution in [2.45, 2.75) is 72.9 Å². The fraction of sp³-hybridized carbons (Fsp3) is 0.438. The minimum Gasteiger partial charge on any atom is -0.422 e. The number of hydrogen-bond acceptors (Lipinski definition) is 16. The van der Waals surface area contributed by atoms with Crippen molar-refractivity contribution in [3.8, 4) is 0 Å². The Balaban J connectivity index is 1.14. The highest BCUT2D eigenvalue weighted by Gasteiger charge is 2.49. The number of aliphatic hydroxyl groups is 6. The van der Waals surface area contributed by atoms with Gasteiger partial charge in [0.2, 0.25) is 0 Å². The number of ether oxygens (including phenoxy) is 4. The van der Waals surface area contributed by atoms with Gasteiger partial charge in [0.05, 0.1) is 48.3 Å². The molecule has 2 fully saturated rings. The highest BCUT2D eigenvalue weighted by atomic mass is 33.1. The zero-order valence-corrected chi connectivity index (χ0v) is 28.0. The van der Waals surface area contributed by atoms with E-state index in [9.17, 15) is 57.8 Å². The highest BCUT2D eigenvalue weighted by molar-refractivity contribution is 8.77. The van der Waals surface area contributed by atoms with Gasteiger partial charge in [0.25, 0.3) is 0 Å². The summed E-state index contributed by atoms with van der Waals surface area (Å²) in [6, 6.07) is 5.70. The van der Waals surface area contributed by atoms with E-state index in [1.807, 2.05) is 0 Å². The first-order valence-electron chi connectivity index (χ1n) is 15.4. The average Bonchev–Trinajstić information content (AvgIpc) is 3.12. The van der Waals surface area contributed by atoms with E-state index in [1.165, 1.54) is 0 Å². The first-order valence-corrected chi connectivity index (χ1v) is 17.7. The molecule has 0 radical (unpaired) electrons. The number of benzene rings is 2. The minimum atomic E-state index is -1.68. The Morgan fingerprint density at radius 2 is 1.00 bits per heavy atom. The molecule has 2 aliphatic heterocycles. The number of rotatable bonds is 11. The van der Waals surface area contributed by atoms with Gasteiger partial charge in [0, 0.05) is 0 Å². The van der Waals surface area contributed by atoms with Crippen LogP contribution < -0.4 is 11.3 Å². The van der Waals surface area contributed by atoms with Gasteiger partial charge in [-0.1, -0.05) is 21.6 Å². The molecule has 0 amide bonds. The lowest BCUT2D eigenvalue weighted by Gasteiger charge is -2.43. The Morgan fingerprint density at radius 1 is 0.615 bits per heavy atom. The van der Waals surface area contributed by atoms with Crippen molar-refractivity contribution in [2.75, 3.05) is 13.2 Å². The van der Waals surface area contributed by atoms with Gasteiger partial charge < -0.3 is 58.4 Å². The van der Waals surface area contributed by atoms with Crippen LogP contribution in [0.3, 0.4) is 0 Å². The molecule has 6 N–H and O–H groups in total. The number of halogens is 4. The van der Waals surface area contributed by atoms with E-state index in [0.717, 1.165) is 58.0 Å². The molecule has 0 spiro atoms. The van der Waals surface area contributed by atoms with Crippen molar-refractivity contribution in [2.24, 2.45) is 0 Å². The maximum atomic E-state index is 14.3. The van der Waals surface area contributed by atoms with E-state index in [1.54, 1.807) is 0 Å². The van der Waals surface area contributed by atoms with Crippen LogP contribution in [0.2, 0.25) is 0 Å². The van der Waals surface area contributed by atoms with Crippen LogP contribution in [-0.2, 0) is 32.2 Å². The second-order valence-corrected chi connectivity index (χ2v) is 14.3. The van der Waals surface area contributed by atoms with E-state index < -0.39 is 121 Å². The summed E-state index contributed by atoms with van der Waals surface area (Å²) in [6.45, 7) is -2.80. The summed E-state index contributed by atoms with van der Waals surface area (Å²) < 4.78 is 88.8. The molecule has 2 aromatic carbocycles. The van der Waals surface area contributed by atoms with Gasteiger partial charge in [-0.05, 0) is 36.4 Å². The summed E-state index contributed by atoms with van der Waals surface area (Å²) in [5.74, 6) is -4.93. The van der Waals surface area contributed by atoms with Crippen LogP contribution >= 0.6 is 21.6 Å². The zero-order valence-electron chi connectivity index (χ0n) is 26.3. The molecule has 0 aliphatic carbocycles. The van der Waals surface area contributed by atoms with E-state index >= 15 is 0 Å². The summed E-state index contributed by atoms with van der Waals surface area (Å²) in [5, 5.41) is 62.8. The molecule has 0 saturated carbocycles. The summed E-state index contributed by atoms with van der Waals surface area (Å²) in [4.78, 5) is 25.0. The standard InChI is InChI=1S/C32H30F4O14S2/c33-15-1-3-17-13(21(15)35)5-11(29(43)47-17)9-45-27-23(39)19(7-37)49-31(25(27)41)51-52-32-26(42)28(24(40)20(8-38)50-32)46-10-12-6-14-18(48-30(12)44)4-2-16(34)22(14)36/h1-6,19-20,23-28,31-32,37-42H,7-10H2/t19-,20-,23+,24+,25-,26-,27+,28+,31+,32+/m1/s1. The van der Waals surface area contributed by atoms with Crippen molar-refractivity contribution in [1.82, 2.24) is 0 Å². The fourth-order valence-electron chi connectivity index (χ4n) is 5.68. The van der Waals surface area contributed by atoms with Crippen molar-refractivity contribution >= 4 is 43.5 Å². The monoisotopic (exact) mass is 778 g/mol. The Kier molecular flexibility index (Phi) is 11.9. The molecule has 0 unspecified atom stereocenters. The van der Waals surface area contributed by atoms with Gasteiger partial charge in [-0.3, -0.25) is 0 Å². The third-order valence-electron chi connectivity index (χ3n) is 8.50. The lowest BCUT2D eigenvalue weighted by atomic mass is 10.00. The number of hydrogen-bond donors (Lipinski definition) is 6. The quantitative estimate of drug-likeness (QED) is 0.0716. The zero-order chi connectivity index (χ0) is 37.4. The largest absolute Gasteiger partial charge is 0.422 e. The van der Waals surface area contributed by atoms with Gasteiger partial charge in [0.15, 0.2) is 23.3 Å². The van der Waals surface area contributed by atoms with Gasteiger partial charge >= 0.3 is 11.3 Å². The predicted octanol–water partition coefficient (Wildman–Crippen LogP) is 1.19. The molecule has 2 aromatic heterocycles. The molecule has 282 valence electrons. The van der Waals surface area contributed by atoms with Crippen LogP contribution in [0.15, 0.2) is 54.8 Å². The van der Waals surface area contributed by atoms with E-state index in [-0.39, 0.29) is 33.1 Å². The smallest absolute Gasteiger partial charge is 0.341 e. The van der Waals surface area contributed by atoms with Gasteiger partial charge in [-0.25, -0.2) is 27.2 Å². The van der Waals surface area contributed by atoms with Gasteiger partial charge in [-0.2, -0.15) is 0 Å². The molecule has 2 saturated heterocycles. The van der Waals surface area contributed by atoms with Crippen LogP contribution in [0.4, 0.5) is 17.6 Å². The Labute approximate surface area is 296 Å². The summed E-state index contributed by atoms with van der Waals surface area (Å²) in [7, 11) is 1.47. The molecular formula is C32H30F4O14S2. The van der Waals surface area contributed by atoms with Crippen molar-refractivity contribution < 1.29 is 76.0 Å². The minimum absolute atomic E-state index is 0.227. The predicted molar refractivity (Wildman–Crippen MR) is 173 cm³/mol. The first-order chi connectivity index (χ1) is 24.8. The Hall–Kier alpha value is -3.12. The molecule has 10 atom stereocenters. The fourth-order valence-corrected chi connectivity index (χ4v) is 8.43. The Bertz CT molecular complexity index is 1890. The third-order valence-corrected chi connectivity index (χ3v) is 11.2. The lowest BCUT2D eigenvalue weighted by Crippen LogP contribution is -2.59. The molecular weight excluding hydrogens is 748 g/mol. The average molecular weight is 779 g/mol. The van der Waals surface area contributed by atoms with Crippen LogP contribution in [-0.4, -0.2) is 104 Å². The van der Waals surface area contributed by atoms with Gasteiger partial charge in [-0.15, -0.1) is 0 Å². The molecule has 14 nitrogen and oxygen atoms in total. The van der Waals surface area contributed by atoms with Crippen LogP contribution in [0.25, 0.3) is 21.9 Å². The molecule has 4 heterocycles. The third kappa shape index (κ3) is 7.61. The van der Waals surface area contributed by atoms with Crippen LogP contribution in [0.5, 0.6) is 0 Å². The maximum Gasteiger partial charge on any atom is 0.341 e. The summed E-state index contributed by atoms with van der Waals surface area (Å²) >= 11 is 0. The van der Waals surface area contributed by atoms with Crippen LogP contribution in [0.1, 0.15) is 11.1 Å². The second-order valence-electron chi connectivity index (χ2n) is 11.8. The lowest BCUT2D eigenvalue weighted by molar-refractivity contribution is -0.224. The molecule has 20 heteroatoms. The topological polar surface area (TPSA) is 219 Å². The van der Waals surface area contributed by atoms with Crippen molar-refractivity contribution in [3.05, 3.63) is 91.6 Å². The maximum absolute atomic E-state index is 14.3. The van der Waals surface area contributed by atoms with Crippen molar-refractivity contribution in [1.29, 1.82) is 0 Å². The molecule has 4 aromatic rings. The molecule has 2 aliphatic rings. The van der Waals surface area contributed by atoms with Crippen LogP contribution in [0, 0.1) is 23.3 Å². The summed E-state index contributed by atoms with van der Waals surface area (Å²) in [6.07, 6.45) is -12.4. The second kappa shape index (κ2) is 16.1. The van der Waals surface area contributed by atoms with E-state index in [4.69, 9.17) is 27.8 Å².